The maximum atomic E-state index is 12.0. The van der Waals surface area contributed by atoms with Crippen LogP contribution in [0.2, 0.25) is 0 Å². The predicted molar refractivity (Wildman–Crippen MR) is 72.4 cm³/mol. The van der Waals surface area contributed by atoms with Crippen molar-refractivity contribution in [1.82, 2.24) is 4.57 Å². The van der Waals surface area contributed by atoms with Crippen molar-refractivity contribution < 1.29 is 0 Å². The fraction of sp³-hybridized carbons (Fsp3) is 0.267. The van der Waals surface area contributed by atoms with E-state index in [4.69, 9.17) is 0 Å². The summed E-state index contributed by atoms with van der Waals surface area (Å²) in [6.45, 7) is 6.71. The van der Waals surface area contributed by atoms with Gasteiger partial charge >= 0.3 is 0 Å². The lowest BCUT2D eigenvalue weighted by Crippen LogP contribution is -2.19. The standard InChI is InChI=1S/C15H17NO/c1-11(2)8-9-16-14-7-5-4-6-13(14)12(3)10-15(16)17/h4-8,10H,9H2,1-3H3. The van der Waals surface area contributed by atoms with Gasteiger partial charge in [-0.15, -0.1) is 0 Å². The van der Waals surface area contributed by atoms with Gasteiger partial charge in [0.1, 0.15) is 0 Å². The molecule has 0 radical (unpaired) electrons. The number of allylic oxidation sites excluding steroid dienone is 2. The third-order valence-corrected chi connectivity index (χ3v) is 2.91. The molecule has 1 aromatic heterocycles. The highest BCUT2D eigenvalue weighted by molar-refractivity contribution is 5.82. The molecule has 0 bridgehead atoms. The Morgan fingerprint density at radius 3 is 2.71 bits per heavy atom. The molecule has 0 aliphatic carbocycles. The van der Waals surface area contributed by atoms with Crippen LogP contribution in [0.1, 0.15) is 19.4 Å². The summed E-state index contributed by atoms with van der Waals surface area (Å²) in [5.74, 6) is 0. The summed E-state index contributed by atoms with van der Waals surface area (Å²) in [6, 6.07) is 9.75. The van der Waals surface area contributed by atoms with Gasteiger partial charge in [0.25, 0.3) is 5.56 Å². The second kappa shape index (κ2) is 4.58. The molecular formula is C15H17NO. The number of aryl methyl sites for hydroxylation is 1. The first-order chi connectivity index (χ1) is 8.09. The Labute approximate surface area is 101 Å². The lowest BCUT2D eigenvalue weighted by molar-refractivity contribution is 0.809. The van der Waals surface area contributed by atoms with Gasteiger partial charge in [-0.1, -0.05) is 29.8 Å². The van der Waals surface area contributed by atoms with E-state index in [1.807, 2.05) is 43.5 Å². The highest BCUT2D eigenvalue weighted by atomic mass is 16.1. The summed E-state index contributed by atoms with van der Waals surface area (Å²) in [5, 5.41) is 1.15. The Morgan fingerprint density at radius 1 is 1.29 bits per heavy atom. The number of aromatic nitrogens is 1. The van der Waals surface area contributed by atoms with Crippen molar-refractivity contribution in [2.75, 3.05) is 0 Å². The van der Waals surface area contributed by atoms with Crippen molar-refractivity contribution in [3.05, 3.63) is 57.9 Å². The van der Waals surface area contributed by atoms with Crippen LogP contribution in [0.3, 0.4) is 0 Å². The molecule has 0 N–H and O–H groups in total. The fourth-order valence-corrected chi connectivity index (χ4v) is 1.96. The van der Waals surface area contributed by atoms with Gasteiger partial charge in [-0.25, -0.2) is 0 Å². The molecular weight excluding hydrogens is 210 g/mol. The number of rotatable bonds is 2. The highest BCUT2D eigenvalue weighted by Gasteiger charge is 2.04. The molecule has 0 spiro atoms. The van der Waals surface area contributed by atoms with E-state index in [0.29, 0.717) is 6.54 Å². The fourth-order valence-electron chi connectivity index (χ4n) is 1.96. The lowest BCUT2D eigenvalue weighted by atomic mass is 10.1. The SMILES string of the molecule is CC(C)=CCn1c(=O)cc(C)c2ccccc21. The summed E-state index contributed by atoms with van der Waals surface area (Å²) < 4.78 is 1.81. The molecule has 17 heavy (non-hydrogen) atoms. The van der Waals surface area contributed by atoms with Gasteiger partial charge in [0.15, 0.2) is 0 Å². The van der Waals surface area contributed by atoms with Gasteiger partial charge in [-0.2, -0.15) is 0 Å². The highest BCUT2D eigenvalue weighted by Crippen LogP contribution is 2.15. The molecule has 0 saturated heterocycles. The molecule has 0 aliphatic rings. The van der Waals surface area contributed by atoms with E-state index in [0.717, 1.165) is 16.5 Å². The van der Waals surface area contributed by atoms with Crippen molar-refractivity contribution in [3.63, 3.8) is 0 Å². The first-order valence-electron chi connectivity index (χ1n) is 5.82. The van der Waals surface area contributed by atoms with Crippen molar-refractivity contribution in [2.24, 2.45) is 0 Å². The lowest BCUT2D eigenvalue weighted by Gasteiger charge is -2.10. The molecule has 2 nitrogen and oxygen atoms in total. The Hall–Kier alpha value is -1.83. The Balaban J connectivity index is 2.69. The average molecular weight is 227 g/mol. The minimum atomic E-state index is 0.0682. The van der Waals surface area contributed by atoms with E-state index in [9.17, 15) is 4.79 Å². The summed E-state index contributed by atoms with van der Waals surface area (Å²) >= 11 is 0. The quantitative estimate of drug-likeness (QED) is 0.722. The smallest absolute Gasteiger partial charge is 0.251 e. The van der Waals surface area contributed by atoms with Gasteiger partial charge < -0.3 is 4.57 Å². The van der Waals surface area contributed by atoms with Gasteiger partial charge in [0, 0.05) is 18.0 Å². The summed E-state index contributed by atoms with van der Waals surface area (Å²) in [5.41, 5.74) is 3.34. The van der Waals surface area contributed by atoms with Crippen LogP contribution in [-0.2, 0) is 6.54 Å². The molecule has 0 aliphatic heterocycles. The number of hydrogen-bond acceptors (Lipinski definition) is 1. The Morgan fingerprint density at radius 2 is 2.00 bits per heavy atom. The number of para-hydroxylation sites is 1. The normalized spacial score (nSPS) is 10.5. The molecule has 2 heteroatoms. The topological polar surface area (TPSA) is 22.0 Å². The van der Waals surface area contributed by atoms with Crippen LogP contribution in [0.25, 0.3) is 10.9 Å². The minimum absolute atomic E-state index is 0.0682. The van der Waals surface area contributed by atoms with E-state index in [1.165, 1.54) is 5.57 Å². The van der Waals surface area contributed by atoms with Gasteiger partial charge in [0.05, 0.1) is 5.52 Å². The maximum Gasteiger partial charge on any atom is 0.251 e. The van der Waals surface area contributed by atoms with Crippen molar-refractivity contribution in [3.8, 4) is 0 Å². The number of nitrogens with zero attached hydrogens (tertiary/aromatic N) is 1. The second-order valence-corrected chi connectivity index (χ2v) is 4.57. The van der Waals surface area contributed by atoms with E-state index in [-0.39, 0.29) is 5.56 Å². The number of pyridine rings is 1. The van der Waals surface area contributed by atoms with E-state index in [2.05, 4.69) is 12.1 Å². The van der Waals surface area contributed by atoms with Crippen LogP contribution in [0.4, 0.5) is 0 Å². The first-order valence-corrected chi connectivity index (χ1v) is 5.82. The minimum Gasteiger partial charge on any atom is -0.304 e. The monoisotopic (exact) mass is 227 g/mol. The third kappa shape index (κ3) is 2.31. The first kappa shape index (κ1) is 11.6. The molecule has 0 atom stereocenters. The molecule has 0 amide bonds. The summed E-state index contributed by atoms with van der Waals surface area (Å²) in [7, 11) is 0. The summed E-state index contributed by atoms with van der Waals surface area (Å²) in [4.78, 5) is 12.0. The number of hydrogen-bond donors (Lipinski definition) is 0. The van der Waals surface area contributed by atoms with Crippen LogP contribution >= 0.6 is 0 Å². The Bertz CT molecular complexity index is 631. The van der Waals surface area contributed by atoms with Gasteiger partial charge in [0.2, 0.25) is 0 Å². The number of benzene rings is 1. The van der Waals surface area contributed by atoms with Crippen LogP contribution < -0.4 is 5.56 Å². The van der Waals surface area contributed by atoms with Gasteiger partial charge in [-0.3, -0.25) is 4.79 Å². The zero-order valence-corrected chi connectivity index (χ0v) is 10.5. The second-order valence-electron chi connectivity index (χ2n) is 4.57. The van der Waals surface area contributed by atoms with E-state index < -0.39 is 0 Å². The van der Waals surface area contributed by atoms with Crippen molar-refractivity contribution in [2.45, 2.75) is 27.3 Å². The third-order valence-electron chi connectivity index (χ3n) is 2.91. The van der Waals surface area contributed by atoms with Crippen molar-refractivity contribution in [1.29, 1.82) is 0 Å². The molecule has 0 fully saturated rings. The van der Waals surface area contributed by atoms with E-state index >= 15 is 0 Å². The van der Waals surface area contributed by atoms with Gasteiger partial charge in [-0.05, 0) is 32.4 Å². The van der Waals surface area contributed by atoms with Crippen LogP contribution in [0.15, 0.2) is 46.8 Å². The summed E-state index contributed by atoms with van der Waals surface area (Å²) in [6.07, 6.45) is 2.07. The Kier molecular flexibility index (Phi) is 3.14. The van der Waals surface area contributed by atoms with E-state index in [1.54, 1.807) is 6.07 Å². The average Bonchev–Trinajstić information content (AvgIpc) is 2.28. The molecule has 1 heterocycles. The number of fused-ring (bicyclic) bond motifs is 1. The molecule has 0 unspecified atom stereocenters. The van der Waals surface area contributed by atoms with Crippen LogP contribution in [0.5, 0.6) is 0 Å². The molecule has 1 aromatic carbocycles. The molecule has 2 rings (SSSR count). The molecule has 0 saturated carbocycles. The zero-order chi connectivity index (χ0) is 12.4. The molecule has 88 valence electrons. The largest absolute Gasteiger partial charge is 0.304 e. The van der Waals surface area contributed by atoms with Crippen LogP contribution in [0, 0.1) is 6.92 Å². The van der Waals surface area contributed by atoms with Crippen LogP contribution in [-0.4, -0.2) is 4.57 Å². The van der Waals surface area contributed by atoms with Crippen molar-refractivity contribution >= 4 is 10.9 Å². The zero-order valence-electron chi connectivity index (χ0n) is 10.5. The molecule has 2 aromatic rings. The maximum absolute atomic E-state index is 12.0. The predicted octanol–water partition coefficient (Wildman–Crippen LogP) is 3.28.